The van der Waals surface area contributed by atoms with Gasteiger partial charge in [-0.05, 0) is 46.9 Å². The quantitative estimate of drug-likeness (QED) is 0.190. The Morgan fingerprint density at radius 2 is 1.76 bits per heavy atom. The average molecular weight is 516 g/mol. The first kappa shape index (κ1) is 26.2. The van der Waals surface area contributed by atoms with E-state index in [2.05, 4.69) is 21.7 Å². The van der Waals surface area contributed by atoms with Crippen molar-refractivity contribution < 1.29 is 19.4 Å². The van der Waals surface area contributed by atoms with Gasteiger partial charge in [-0.15, -0.1) is 10.2 Å². The molecule has 0 unspecified atom stereocenters. The molecule has 0 amide bonds. The number of hydrogen-bond donors (Lipinski definition) is 1. The fourth-order valence-corrected chi connectivity index (χ4v) is 4.95. The van der Waals surface area contributed by atoms with Crippen molar-refractivity contribution in [2.45, 2.75) is 43.6 Å². The van der Waals surface area contributed by atoms with Gasteiger partial charge >= 0.3 is 11.9 Å². The van der Waals surface area contributed by atoms with E-state index in [9.17, 15) is 14.7 Å². The summed E-state index contributed by atoms with van der Waals surface area (Å²) in [5.74, 6) is 0.282. The molecule has 1 aromatic heterocycles. The molecule has 190 valence electrons. The van der Waals surface area contributed by atoms with Crippen LogP contribution in [0.25, 0.3) is 11.1 Å². The maximum atomic E-state index is 11.9. The van der Waals surface area contributed by atoms with Crippen molar-refractivity contribution in [2.24, 2.45) is 0 Å². The van der Waals surface area contributed by atoms with Crippen LogP contribution in [0.15, 0.2) is 78.0 Å². The van der Waals surface area contributed by atoms with E-state index in [1.807, 2.05) is 54.6 Å². The van der Waals surface area contributed by atoms with Crippen molar-refractivity contribution in [1.82, 2.24) is 14.8 Å². The number of hydrogen-bond acceptors (Lipinski definition) is 6. The Bertz CT molecular complexity index is 1380. The molecule has 7 nitrogen and oxygen atoms in total. The zero-order valence-electron chi connectivity index (χ0n) is 20.9. The van der Waals surface area contributed by atoms with Gasteiger partial charge in [0.25, 0.3) is 0 Å². The maximum absolute atomic E-state index is 11.9. The molecule has 1 heterocycles. The first-order valence-electron chi connectivity index (χ1n) is 12.1. The molecule has 0 spiro atoms. The highest BCUT2D eigenvalue weighted by Crippen LogP contribution is 2.27. The van der Waals surface area contributed by atoms with Crippen molar-refractivity contribution in [1.29, 1.82) is 0 Å². The lowest BCUT2D eigenvalue weighted by atomic mass is 9.99. The number of carboxylic acid groups (broad SMARTS) is 1. The fourth-order valence-electron chi connectivity index (χ4n) is 4.05. The smallest absolute Gasteiger partial charge is 0.337 e. The van der Waals surface area contributed by atoms with E-state index in [0.717, 1.165) is 46.9 Å². The molecule has 0 saturated carbocycles. The first-order valence-corrected chi connectivity index (χ1v) is 13.1. The number of benzene rings is 3. The average Bonchev–Trinajstić information content (AvgIpc) is 3.31. The number of carbonyl (C=O) groups excluding carboxylic acids is 1. The number of esters is 1. The Kier molecular flexibility index (Phi) is 8.74. The first-order chi connectivity index (χ1) is 18.0. The minimum Gasteiger partial charge on any atom is -0.478 e. The van der Waals surface area contributed by atoms with Crippen LogP contribution in [0.1, 0.15) is 57.4 Å². The normalized spacial score (nSPS) is 10.9. The molecule has 0 saturated heterocycles. The molecule has 8 heteroatoms. The lowest BCUT2D eigenvalue weighted by Crippen LogP contribution is -2.07. The Morgan fingerprint density at radius 3 is 2.49 bits per heavy atom. The lowest BCUT2D eigenvalue weighted by molar-refractivity contribution is 0.0599. The van der Waals surface area contributed by atoms with Crippen LogP contribution in [0.3, 0.4) is 0 Å². The number of thioether (sulfide) groups is 1. The van der Waals surface area contributed by atoms with E-state index < -0.39 is 5.97 Å². The summed E-state index contributed by atoms with van der Waals surface area (Å²) in [5, 5.41) is 19.3. The maximum Gasteiger partial charge on any atom is 0.337 e. The molecule has 0 bridgehead atoms. The third-order valence-corrected chi connectivity index (χ3v) is 7.06. The number of nitrogens with zero attached hydrogens (tertiary/aromatic N) is 3. The lowest BCUT2D eigenvalue weighted by Gasteiger charge is -2.12. The second-order valence-electron chi connectivity index (χ2n) is 8.62. The molecule has 3 aromatic carbocycles. The van der Waals surface area contributed by atoms with Gasteiger partial charge in [-0.1, -0.05) is 79.7 Å². The van der Waals surface area contributed by atoms with Crippen molar-refractivity contribution in [3.63, 3.8) is 0 Å². The summed E-state index contributed by atoms with van der Waals surface area (Å²) in [4.78, 5) is 23.5. The highest BCUT2D eigenvalue weighted by Gasteiger charge is 2.15. The summed E-state index contributed by atoms with van der Waals surface area (Å²) in [6, 6.07) is 22.4. The van der Waals surface area contributed by atoms with Crippen LogP contribution in [0.5, 0.6) is 0 Å². The van der Waals surface area contributed by atoms with Crippen LogP contribution >= 0.6 is 11.8 Å². The van der Waals surface area contributed by atoms with Gasteiger partial charge in [0.2, 0.25) is 0 Å². The molecule has 0 radical (unpaired) electrons. The van der Waals surface area contributed by atoms with Gasteiger partial charge < -0.3 is 14.4 Å². The number of aromatic nitrogens is 3. The number of ether oxygens (including phenoxy) is 1. The van der Waals surface area contributed by atoms with Crippen LogP contribution in [0.2, 0.25) is 0 Å². The van der Waals surface area contributed by atoms with E-state index in [1.54, 1.807) is 30.0 Å². The van der Waals surface area contributed by atoms with Crippen LogP contribution in [-0.2, 0) is 23.5 Å². The van der Waals surface area contributed by atoms with Gasteiger partial charge in [-0.3, -0.25) is 0 Å². The molecule has 0 aliphatic rings. The van der Waals surface area contributed by atoms with E-state index in [4.69, 9.17) is 4.74 Å². The zero-order valence-corrected chi connectivity index (χ0v) is 21.7. The Balaban J connectivity index is 1.55. The van der Waals surface area contributed by atoms with Crippen molar-refractivity contribution in [2.75, 3.05) is 7.11 Å². The van der Waals surface area contributed by atoms with Crippen molar-refractivity contribution in [3.05, 3.63) is 101 Å². The zero-order chi connectivity index (χ0) is 26.2. The summed E-state index contributed by atoms with van der Waals surface area (Å²) < 4.78 is 6.98. The molecule has 0 aliphatic carbocycles. The second-order valence-corrected chi connectivity index (χ2v) is 9.56. The van der Waals surface area contributed by atoms with E-state index in [0.29, 0.717) is 23.4 Å². The molecule has 0 fully saturated rings. The van der Waals surface area contributed by atoms with Gasteiger partial charge in [-0.2, -0.15) is 0 Å². The predicted molar refractivity (Wildman–Crippen MR) is 144 cm³/mol. The summed E-state index contributed by atoms with van der Waals surface area (Å²) in [5.41, 5.74) is 4.43. The van der Waals surface area contributed by atoms with Gasteiger partial charge in [-0.25, -0.2) is 9.59 Å². The number of aromatic carboxylic acids is 1. The number of aryl methyl sites for hydroxylation is 1. The van der Waals surface area contributed by atoms with E-state index in [-0.39, 0.29) is 11.5 Å². The summed E-state index contributed by atoms with van der Waals surface area (Å²) in [7, 11) is 1.38. The Hall–Kier alpha value is -3.91. The third-order valence-electron chi connectivity index (χ3n) is 6.03. The number of methoxy groups -OCH3 is 1. The van der Waals surface area contributed by atoms with Crippen LogP contribution in [0.4, 0.5) is 0 Å². The summed E-state index contributed by atoms with van der Waals surface area (Å²) in [6.45, 7) is 2.76. The van der Waals surface area contributed by atoms with Gasteiger partial charge in [0, 0.05) is 12.2 Å². The van der Waals surface area contributed by atoms with Crippen LogP contribution < -0.4 is 0 Å². The van der Waals surface area contributed by atoms with Crippen LogP contribution in [-0.4, -0.2) is 38.9 Å². The molecule has 37 heavy (non-hydrogen) atoms. The van der Waals surface area contributed by atoms with Gasteiger partial charge in [0.15, 0.2) is 5.16 Å². The SMILES string of the molecule is CCCCc1nnc(SCc2cccc(C(=O)OC)c2)n1Cc1ccc(-c2ccccc2C(=O)O)cc1. The number of rotatable bonds is 11. The molecular weight excluding hydrogens is 486 g/mol. The molecule has 0 atom stereocenters. The Morgan fingerprint density at radius 1 is 0.973 bits per heavy atom. The molecule has 1 N–H and O–H groups in total. The van der Waals surface area contributed by atoms with Crippen molar-refractivity contribution >= 4 is 23.7 Å². The number of carbonyl (C=O) groups is 2. The topological polar surface area (TPSA) is 94.3 Å². The number of unbranched alkanes of at least 4 members (excludes halogenated alkanes) is 1. The largest absolute Gasteiger partial charge is 0.478 e. The third kappa shape index (κ3) is 6.46. The number of carboxylic acids is 1. The molecule has 4 rings (SSSR count). The minimum atomic E-state index is -0.941. The second kappa shape index (κ2) is 12.4. The van der Waals surface area contributed by atoms with E-state index >= 15 is 0 Å². The van der Waals surface area contributed by atoms with Crippen molar-refractivity contribution in [3.8, 4) is 11.1 Å². The summed E-state index contributed by atoms with van der Waals surface area (Å²) in [6.07, 6.45) is 2.92. The highest BCUT2D eigenvalue weighted by atomic mass is 32.2. The fraction of sp³-hybridized carbons (Fsp3) is 0.241. The minimum absolute atomic E-state index is 0.283. The Labute approximate surface area is 220 Å². The molecule has 0 aliphatic heterocycles. The van der Waals surface area contributed by atoms with E-state index in [1.165, 1.54) is 7.11 Å². The van der Waals surface area contributed by atoms with Gasteiger partial charge in [0.05, 0.1) is 24.8 Å². The van der Waals surface area contributed by atoms with Gasteiger partial charge in [0.1, 0.15) is 5.82 Å². The van der Waals surface area contributed by atoms with Crippen LogP contribution in [0, 0.1) is 0 Å². The molecular formula is C29H29N3O4S. The standard InChI is InChI=1S/C29H29N3O4S/c1-3-4-12-26-30-31-29(37-19-21-8-7-9-23(17-21)28(35)36-2)32(26)18-20-13-15-22(16-14-20)24-10-5-6-11-25(24)27(33)34/h5-11,13-17H,3-4,12,18-19H2,1-2H3,(H,33,34). The molecule has 4 aromatic rings. The predicted octanol–water partition coefficient (Wildman–Crippen LogP) is 6.11. The summed E-state index contributed by atoms with van der Waals surface area (Å²) >= 11 is 1.58. The monoisotopic (exact) mass is 515 g/mol. The highest BCUT2D eigenvalue weighted by molar-refractivity contribution is 7.98.